The van der Waals surface area contributed by atoms with Crippen molar-refractivity contribution in [1.29, 1.82) is 0 Å². The van der Waals surface area contributed by atoms with Crippen molar-refractivity contribution >= 4 is 0 Å². The molecule has 2 rings (SSSR count). The minimum atomic E-state index is -0.0414. The van der Waals surface area contributed by atoms with E-state index < -0.39 is 0 Å². The molecule has 0 aromatic heterocycles. The SMILES string of the molecule is CCC(CN)N1CC2CCC(O)C2C1. The Balaban J connectivity index is 1.94. The van der Waals surface area contributed by atoms with Gasteiger partial charge in [-0.3, -0.25) is 4.90 Å². The summed E-state index contributed by atoms with van der Waals surface area (Å²) in [5, 5.41) is 9.79. The summed E-state index contributed by atoms with van der Waals surface area (Å²) in [7, 11) is 0. The van der Waals surface area contributed by atoms with Crippen LogP contribution in [0.4, 0.5) is 0 Å². The Bertz CT molecular complexity index is 194. The Morgan fingerprint density at radius 2 is 2.21 bits per heavy atom. The molecule has 2 fully saturated rings. The number of nitrogens with two attached hydrogens (primary N) is 1. The molecule has 0 radical (unpaired) electrons. The van der Waals surface area contributed by atoms with Gasteiger partial charge in [0.1, 0.15) is 0 Å². The van der Waals surface area contributed by atoms with E-state index in [0.29, 0.717) is 12.0 Å². The summed E-state index contributed by atoms with van der Waals surface area (Å²) in [6.45, 7) is 5.19. The Kier molecular flexibility index (Phi) is 3.10. The second-order valence-corrected chi connectivity index (χ2v) is 4.82. The lowest BCUT2D eigenvalue weighted by molar-refractivity contribution is 0.118. The van der Waals surface area contributed by atoms with Crippen LogP contribution in [0, 0.1) is 11.8 Å². The molecular formula is C11H22N2O. The first-order valence-corrected chi connectivity index (χ1v) is 5.88. The third-order valence-corrected chi connectivity index (χ3v) is 4.11. The Morgan fingerprint density at radius 1 is 1.43 bits per heavy atom. The number of aliphatic hydroxyl groups is 1. The van der Waals surface area contributed by atoms with Crippen LogP contribution in [0.25, 0.3) is 0 Å². The number of rotatable bonds is 3. The fraction of sp³-hybridized carbons (Fsp3) is 1.00. The molecule has 0 bridgehead atoms. The van der Waals surface area contributed by atoms with Gasteiger partial charge in [0.15, 0.2) is 0 Å². The molecule has 82 valence electrons. The van der Waals surface area contributed by atoms with E-state index in [1.807, 2.05) is 0 Å². The Morgan fingerprint density at radius 3 is 2.79 bits per heavy atom. The van der Waals surface area contributed by atoms with Gasteiger partial charge in [-0.15, -0.1) is 0 Å². The fourth-order valence-corrected chi connectivity index (χ4v) is 3.14. The van der Waals surface area contributed by atoms with Gasteiger partial charge < -0.3 is 10.8 Å². The van der Waals surface area contributed by atoms with Crippen molar-refractivity contribution < 1.29 is 5.11 Å². The highest BCUT2D eigenvalue weighted by molar-refractivity contribution is 4.95. The molecule has 1 aliphatic heterocycles. The van der Waals surface area contributed by atoms with Gasteiger partial charge in [0, 0.05) is 31.6 Å². The van der Waals surface area contributed by atoms with Crippen LogP contribution in [-0.2, 0) is 0 Å². The molecule has 3 N–H and O–H groups in total. The molecule has 3 heteroatoms. The van der Waals surface area contributed by atoms with Crippen molar-refractivity contribution in [2.75, 3.05) is 19.6 Å². The number of nitrogens with zero attached hydrogens (tertiary/aromatic N) is 1. The van der Waals surface area contributed by atoms with Gasteiger partial charge in [-0.1, -0.05) is 6.92 Å². The van der Waals surface area contributed by atoms with Crippen molar-refractivity contribution in [3.05, 3.63) is 0 Å². The number of hydrogen-bond donors (Lipinski definition) is 2. The van der Waals surface area contributed by atoms with E-state index >= 15 is 0 Å². The molecular weight excluding hydrogens is 176 g/mol. The molecule has 3 nitrogen and oxygen atoms in total. The minimum Gasteiger partial charge on any atom is -0.393 e. The van der Waals surface area contributed by atoms with E-state index in [1.54, 1.807) is 0 Å². The molecule has 0 aromatic rings. The first-order valence-electron chi connectivity index (χ1n) is 5.88. The van der Waals surface area contributed by atoms with E-state index in [9.17, 15) is 5.11 Å². The van der Waals surface area contributed by atoms with Crippen LogP contribution in [0.2, 0.25) is 0 Å². The zero-order valence-electron chi connectivity index (χ0n) is 9.02. The molecule has 1 aliphatic carbocycles. The summed E-state index contributed by atoms with van der Waals surface area (Å²) in [4.78, 5) is 2.48. The molecule has 1 saturated carbocycles. The molecule has 4 atom stereocenters. The van der Waals surface area contributed by atoms with E-state index in [4.69, 9.17) is 5.73 Å². The first kappa shape index (κ1) is 10.4. The van der Waals surface area contributed by atoms with Crippen molar-refractivity contribution in [2.45, 2.75) is 38.3 Å². The van der Waals surface area contributed by atoms with Crippen LogP contribution < -0.4 is 5.73 Å². The lowest BCUT2D eigenvalue weighted by Gasteiger charge is -2.26. The molecule has 14 heavy (non-hydrogen) atoms. The van der Waals surface area contributed by atoms with Crippen molar-refractivity contribution in [1.82, 2.24) is 4.90 Å². The monoisotopic (exact) mass is 198 g/mol. The molecule has 0 spiro atoms. The summed E-state index contributed by atoms with van der Waals surface area (Å²) >= 11 is 0. The van der Waals surface area contributed by atoms with Crippen LogP contribution >= 0.6 is 0 Å². The smallest absolute Gasteiger partial charge is 0.0583 e. The summed E-state index contributed by atoms with van der Waals surface area (Å²) in [6.07, 6.45) is 3.32. The summed E-state index contributed by atoms with van der Waals surface area (Å²) in [5.41, 5.74) is 5.74. The number of fused-ring (bicyclic) bond motifs is 1. The highest BCUT2D eigenvalue weighted by atomic mass is 16.3. The average molecular weight is 198 g/mol. The second kappa shape index (κ2) is 4.17. The van der Waals surface area contributed by atoms with Gasteiger partial charge in [0.25, 0.3) is 0 Å². The standard InChI is InChI=1S/C11H22N2O/c1-2-9(5-12)13-6-8-3-4-11(14)10(8)7-13/h8-11,14H,2-7,12H2,1H3. The van der Waals surface area contributed by atoms with Gasteiger partial charge in [0.05, 0.1) is 6.10 Å². The fourth-order valence-electron chi connectivity index (χ4n) is 3.14. The Labute approximate surface area is 86.3 Å². The van der Waals surface area contributed by atoms with Crippen LogP contribution in [0.5, 0.6) is 0 Å². The predicted molar refractivity (Wildman–Crippen MR) is 56.9 cm³/mol. The van der Waals surface area contributed by atoms with Crippen LogP contribution in [-0.4, -0.2) is 41.8 Å². The quantitative estimate of drug-likeness (QED) is 0.691. The van der Waals surface area contributed by atoms with Gasteiger partial charge >= 0.3 is 0 Å². The van der Waals surface area contributed by atoms with Crippen molar-refractivity contribution in [3.63, 3.8) is 0 Å². The second-order valence-electron chi connectivity index (χ2n) is 4.82. The number of likely N-dealkylation sites (tertiary alicyclic amines) is 1. The topological polar surface area (TPSA) is 49.5 Å². The maximum Gasteiger partial charge on any atom is 0.0583 e. The molecule has 1 heterocycles. The van der Waals surface area contributed by atoms with E-state index in [-0.39, 0.29) is 6.10 Å². The van der Waals surface area contributed by atoms with E-state index in [1.165, 1.54) is 6.42 Å². The van der Waals surface area contributed by atoms with Crippen LogP contribution in [0.3, 0.4) is 0 Å². The minimum absolute atomic E-state index is 0.0414. The van der Waals surface area contributed by atoms with Crippen molar-refractivity contribution in [2.24, 2.45) is 17.6 Å². The predicted octanol–water partition coefficient (Wildman–Crippen LogP) is 0.426. The lowest BCUT2D eigenvalue weighted by atomic mass is 10.00. The van der Waals surface area contributed by atoms with Gasteiger partial charge in [-0.05, 0) is 25.2 Å². The third kappa shape index (κ3) is 1.69. The molecule has 4 unspecified atom stereocenters. The number of aliphatic hydroxyl groups excluding tert-OH is 1. The highest BCUT2D eigenvalue weighted by Gasteiger charge is 2.42. The van der Waals surface area contributed by atoms with Gasteiger partial charge in [0.2, 0.25) is 0 Å². The largest absolute Gasteiger partial charge is 0.393 e. The summed E-state index contributed by atoms with van der Waals surface area (Å²) in [6, 6.07) is 0.535. The zero-order chi connectivity index (χ0) is 10.1. The Hall–Kier alpha value is -0.120. The maximum absolute atomic E-state index is 9.79. The van der Waals surface area contributed by atoms with Crippen molar-refractivity contribution in [3.8, 4) is 0 Å². The third-order valence-electron chi connectivity index (χ3n) is 4.11. The van der Waals surface area contributed by atoms with E-state index in [0.717, 1.165) is 38.4 Å². The summed E-state index contributed by atoms with van der Waals surface area (Å²) < 4.78 is 0. The molecule has 2 aliphatic rings. The van der Waals surface area contributed by atoms with Gasteiger partial charge in [-0.25, -0.2) is 0 Å². The lowest BCUT2D eigenvalue weighted by Crippen LogP contribution is -2.39. The highest BCUT2D eigenvalue weighted by Crippen LogP contribution is 2.38. The summed E-state index contributed by atoms with van der Waals surface area (Å²) in [5.74, 6) is 1.28. The van der Waals surface area contributed by atoms with Crippen LogP contribution in [0.15, 0.2) is 0 Å². The molecule has 0 amide bonds. The maximum atomic E-state index is 9.79. The van der Waals surface area contributed by atoms with Gasteiger partial charge in [-0.2, -0.15) is 0 Å². The van der Waals surface area contributed by atoms with Crippen LogP contribution in [0.1, 0.15) is 26.2 Å². The normalized spacial score (nSPS) is 40.1. The molecule has 0 aromatic carbocycles. The molecule has 1 saturated heterocycles. The zero-order valence-corrected chi connectivity index (χ0v) is 9.02. The number of hydrogen-bond acceptors (Lipinski definition) is 3. The average Bonchev–Trinajstić information content (AvgIpc) is 2.72. The van der Waals surface area contributed by atoms with E-state index in [2.05, 4.69) is 11.8 Å². The first-order chi connectivity index (χ1) is 6.76.